The lowest BCUT2D eigenvalue weighted by Crippen LogP contribution is -2.40. The first-order chi connectivity index (χ1) is 8.40. The van der Waals surface area contributed by atoms with Crippen molar-refractivity contribution in [3.8, 4) is 0 Å². The SMILES string of the molecule is CC(C)NC(=S)NC(C)c1ccc(C(C)C)cc1. The van der Waals surface area contributed by atoms with Crippen LogP contribution in [0, 0.1) is 0 Å². The Kier molecular flexibility index (Phi) is 5.60. The zero-order valence-electron chi connectivity index (χ0n) is 11.9. The Hall–Kier alpha value is -1.09. The molecule has 0 aromatic heterocycles. The zero-order chi connectivity index (χ0) is 13.7. The van der Waals surface area contributed by atoms with E-state index >= 15 is 0 Å². The minimum absolute atomic E-state index is 0.227. The van der Waals surface area contributed by atoms with E-state index in [9.17, 15) is 0 Å². The summed E-state index contributed by atoms with van der Waals surface area (Å²) in [6.45, 7) is 10.7. The molecule has 0 fully saturated rings. The van der Waals surface area contributed by atoms with E-state index in [1.54, 1.807) is 0 Å². The smallest absolute Gasteiger partial charge is 0.166 e. The van der Waals surface area contributed by atoms with Crippen LogP contribution in [-0.2, 0) is 0 Å². The fourth-order valence-electron chi connectivity index (χ4n) is 1.75. The first-order valence-corrected chi connectivity index (χ1v) is 6.98. The van der Waals surface area contributed by atoms with E-state index in [-0.39, 0.29) is 6.04 Å². The van der Waals surface area contributed by atoms with Crippen LogP contribution in [0.1, 0.15) is 57.7 Å². The van der Waals surface area contributed by atoms with E-state index in [2.05, 4.69) is 69.5 Å². The highest BCUT2D eigenvalue weighted by Crippen LogP contribution is 2.18. The molecule has 100 valence electrons. The Bertz CT molecular complexity index is 382. The van der Waals surface area contributed by atoms with Crippen molar-refractivity contribution in [2.45, 2.75) is 52.6 Å². The second-order valence-corrected chi connectivity index (χ2v) is 5.72. The van der Waals surface area contributed by atoms with Gasteiger partial charge in [-0.3, -0.25) is 0 Å². The second-order valence-electron chi connectivity index (χ2n) is 5.32. The zero-order valence-corrected chi connectivity index (χ0v) is 12.8. The normalized spacial score (nSPS) is 12.6. The summed E-state index contributed by atoms with van der Waals surface area (Å²) in [7, 11) is 0. The summed E-state index contributed by atoms with van der Waals surface area (Å²) >= 11 is 5.25. The van der Waals surface area contributed by atoms with Crippen LogP contribution in [0.5, 0.6) is 0 Å². The molecule has 0 bridgehead atoms. The van der Waals surface area contributed by atoms with Gasteiger partial charge in [-0.2, -0.15) is 0 Å². The average Bonchev–Trinajstić information content (AvgIpc) is 2.27. The molecule has 0 aliphatic carbocycles. The van der Waals surface area contributed by atoms with E-state index in [0.29, 0.717) is 17.1 Å². The van der Waals surface area contributed by atoms with Gasteiger partial charge in [0, 0.05) is 6.04 Å². The summed E-state index contributed by atoms with van der Waals surface area (Å²) in [6.07, 6.45) is 0. The predicted molar refractivity (Wildman–Crippen MR) is 83.0 cm³/mol. The number of rotatable bonds is 4. The highest BCUT2D eigenvalue weighted by Gasteiger charge is 2.08. The van der Waals surface area contributed by atoms with Gasteiger partial charge < -0.3 is 10.6 Å². The van der Waals surface area contributed by atoms with Crippen molar-refractivity contribution in [1.29, 1.82) is 0 Å². The Morgan fingerprint density at radius 1 is 0.889 bits per heavy atom. The molecule has 0 aliphatic rings. The van der Waals surface area contributed by atoms with Crippen molar-refractivity contribution in [2.75, 3.05) is 0 Å². The van der Waals surface area contributed by atoms with Crippen molar-refractivity contribution >= 4 is 17.3 Å². The van der Waals surface area contributed by atoms with Crippen molar-refractivity contribution < 1.29 is 0 Å². The van der Waals surface area contributed by atoms with E-state index in [1.165, 1.54) is 11.1 Å². The third-order valence-electron chi connectivity index (χ3n) is 2.87. The number of hydrogen-bond donors (Lipinski definition) is 2. The minimum atomic E-state index is 0.227. The molecule has 0 heterocycles. The van der Waals surface area contributed by atoms with Crippen molar-refractivity contribution in [3.63, 3.8) is 0 Å². The van der Waals surface area contributed by atoms with Crippen LogP contribution < -0.4 is 10.6 Å². The molecule has 0 saturated heterocycles. The monoisotopic (exact) mass is 264 g/mol. The third-order valence-corrected chi connectivity index (χ3v) is 3.11. The van der Waals surface area contributed by atoms with Gasteiger partial charge in [0.15, 0.2) is 5.11 Å². The molecule has 0 amide bonds. The molecule has 0 aliphatic heterocycles. The lowest BCUT2D eigenvalue weighted by molar-refractivity contribution is 0.663. The highest BCUT2D eigenvalue weighted by atomic mass is 32.1. The third kappa shape index (κ3) is 4.65. The summed E-state index contributed by atoms with van der Waals surface area (Å²) in [6, 6.07) is 9.31. The molecule has 0 saturated carbocycles. The molecule has 1 unspecified atom stereocenters. The molecule has 0 spiro atoms. The van der Waals surface area contributed by atoms with E-state index in [1.807, 2.05) is 0 Å². The van der Waals surface area contributed by atoms with Gasteiger partial charge >= 0.3 is 0 Å². The first kappa shape index (κ1) is 15.0. The molecule has 2 N–H and O–H groups in total. The predicted octanol–water partition coefficient (Wildman–Crippen LogP) is 3.74. The maximum absolute atomic E-state index is 5.25. The highest BCUT2D eigenvalue weighted by molar-refractivity contribution is 7.80. The fraction of sp³-hybridized carbons (Fsp3) is 0.533. The van der Waals surface area contributed by atoms with Gasteiger partial charge in [0.1, 0.15) is 0 Å². The van der Waals surface area contributed by atoms with Gasteiger partial charge in [-0.25, -0.2) is 0 Å². The molecule has 3 heteroatoms. The molecular weight excluding hydrogens is 240 g/mol. The van der Waals surface area contributed by atoms with Crippen molar-refractivity contribution in [1.82, 2.24) is 10.6 Å². The standard InChI is InChI=1S/C15H24N2S/c1-10(2)13-6-8-14(9-7-13)12(5)17-15(18)16-11(3)4/h6-12H,1-5H3,(H2,16,17,18). The summed E-state index contributed by atoms with van der Waals surface area (Å²) in [5.41, 5.74) is 2.63. The quantitative estimate of drug-likeness (QED) is 0.810. The van der Waals surface area contributed by atoms with Gasteiger partial charge in [-0.05, 0) is 50.0 Å². The molecule has 18 heavy (non-hydrogen) atoms. The van der Waals surface area contributed by atoms with Gasteiger partial charge in [-0.1, -0.05) is 38.1 Å². The molecule has 1 rings (SSSR count). The van der Waals surface area contributed by atoms with Crippen LogP contribution in [0.4, 0.5) is 0 Å². The molecule has 1 atom stereocenters. The fourth-order valence-corrected chi connectivity index (χ4v) is 2.17. The summed E-state index contributed by atoms with van der Waals surface area (Å²) < 4.78 is 0. The maximum Gasteiger partial charge on any atom is 0.166 e. The molecule has 0 radical (unpaired) electrons. The average molecular weight is 264 g/mol. The van der Waals surface area contributed by atoms with Gasteiger partial charge in [0.2, 0.25) is 0 Å². The Labute approximate surface area is 116 Å². The summed E-state index contributed by atoms with van der Waals surface area (Å²) in [5.74, 6) is 0.575. The minimum Gasteiger partial charge on any atom is -0.361 e. The molecule has 1 aromatic rings. The van der Waals surface area contributed by atoms with Crippen molar-refractivity contribution in [2.24, 2.45) is 0 Å². The lowest BCUT2D eigenvalue weighted by Gasteiger charge is -2.19. The van der Waals surface area contributed by atoms with Crippen LogP contribution >= 0.6 is 12.2 Å². The summed E-state index contributed by atoms with van der Waals surface area (Å²) in [4.78, 5) is 0. The van der Waals surface area contributed by atoms with E-state index in [0.717, 1.165) is 0 Å². The molecule has 1 aromatic carbocycles. The number of thiocarbonyl (C=S) groups is 1. The summed E-state index contributed by atoms with van der Waals surface area (Å²) in [5, 5.41) is 7.20. The Morgan fingerprint density at radius 3 is 1.83 bits per heavy atom. The van der Waals surface area contributed by atoms with Crippen LogP contribution in [0.3, 0.4) is 0 Å². The second kappa shape index (κ2) is 6.74. The van der Waals surface area contributed by atoms with Crippen LogP contribution in [0.25, 0.3) is 0 Å². The number of hydrogen-bond acceptors (Lipinski definition) is 1. The van der Waals surface area contributed by atoms with Gasteiger partial charge in [0.25, 0.3) is 0 Å². The van der Waals surface area contributed by atoms with Crippen LogP contribution in [0.2, 0.25) is 0 Å². The molecular formula is C15H24N2S. The maximum atomic E-state index is 5.25. The van der Waals surface area contributed by atoms with Crippen LogP contribution in [-0.4, -0.2) is 11.2 Å². The first-order valence-electron chi connectivity index (χ1n) is 6.57. The van der Waals surface area contributed by atoms with Crippen molar-refractivity contribution in [3.05, 3.63) is 35.4 Å². The Morgan fingerprint density at radius 2 is 1.39 bits per heavy atom. The topological polar surface area (TPSA) is 24.1 Å². The molecule has 2 nitrogen and oxygen atoms in total. The Balaban J connectivity index is 2.61. The van der Waals surface area contributed by atoms with E-state index in [4.69, 9.17) is 12.2 Å². The number of nitrogens with one attached hydrogen (secondary N) is 2. The number of benzene rings is 1. The van der Waals surface area contributed by atoms with Gasteiger partial charge in [-0.15, -0.1) is 0 Å². The van der Waals surface area contributed by atoms with Gasteiger partial charge in [0.05, 0.1) is 6.04 Å². The lowest BCUT2D eigenvalue weighted by atomic mass is 10.00. The largest absolute Gasteiger partial charge is 0.361 e. The van der Waals surface area contributed by atoms with Crippen LogP contribution in [0.15, 0.2) is 24.3 Å². The van der Waals surface area contributed by atoms with E-state index < -0.39 is 0 Å².